The lowest BCUT2D eigenvalue weighted by Gasteiger charge is -2.24. The van der Waals surface area contributed by atoms with Crippen LogP contribution in [0.3, 0.4) is 0 Å². The summed E-state index contributed by atoms with van der Waals surface area (Å²) in [5.41, 5.74) is -1.55. The first-order valence-corrected chi connectivity index (χ1v) is 11.9. The Labute approximate surface area is 202 Å². The zero-order valence-corrected chi connectivity index (χ0v) is 19.7. The van der Waals surface area contributed by atoms with Gasteiger partial charge in [-0.05, 0) is 39.7 Å². The predicted molar refractivity (Wildman–Crippen MR) is 116 cm³/mol. The van der Waals surface area contributed by atoms with E-state index in [9.17, 15) is 40.9 Å². The molecule has 0 fully saturated rings. The Morgan fingerprint density at radius 3 is 2.37 bits per heavy atom. The summed E-state index contributed by atoms with van der Waals surface area (Å²) in [6.45, 7) is -0.612. The van der Waals surface area contributed by atoms with Gasteiger partial charge in [-0.2, -0.15) is 13.2 Å². The summed E-state index contributed by atoms with van der Waals surface area (Å²) >= 11 is 2.76. The Morgan fingerprint density at radius 2 is 1.83 bits per heavy atom. The Morgan fingerprint density at radius 1 is 1.20 bits per heavy atom. The van der Waals surface area contributed by atoms with Gasteiger partial charge in [0.2, 0.25) is 5.82 Å². The number of pyridine rings is 1. The van der Waals surface area contributed by atoms with Gasteiger partial charge in [-0.25, -0.2) is 27.8 Å². The summed E-state index contributed by atoms with van der Waals surface area (Å²) in [6.07, 6.45) is -1.75. The zero-order chi connectivity index (χ0) is 26.1. The molecule has 16 heteroatoms. The first-order chi connectivity index (χ1) is 16.2. The number of carbonyl (C=O) groups excluding carboxylic acids is 1. The van der Waals surface area contributed by atoms with Crippen molar-refractivity contribution in [3.05, 3.63) is 80.2 Å². The van der Waals surface area contributed by atoms with Crippen LogP contribution in [0.25, 0.3) is 0 Å². The molecule has 0 bridgehead atoms. The lowest BCUT2D eigenvalue weighted by atomic mass is 10.1. The van der Waals surface area contributed by atoms with Crippen LogP contribution < -0.4 is 4.90 Å². The highest BCUT2D eigenvalue weighted by Crippen LogP contribution is 2.32. The Balaban J connectivity index is 2.16. The molecule has 0 radical (unpaired) electrons. The molecule has 0 aliphatic rings. The molecule has 1 amide bonds. The molecule has 0 aliphatic heterocycles. The van der Waals surface area contributed by atoms with E-state index < -0.39 is 65.8 Å². The number of hydrogen-bond acceptors (Lipinski definition) is 8. The maximum atomic E-state index is 14.3. The predicted octanol–water partition coefficient (Wildman–Crippen LogP) is 3.95. The van der Waals surface area contributed by atoms with Crippen molar-refractivity contribution in [2.24, 2.45) is 0 Å². The second kappa shape index (κ2) is 9.61. The number of anilines is 1. The molecule has 0 unspecified atom stereocenters. The van der Waals surface area contributed by atoms with Crippen LogP contribution in [-0.4, -0.2) is 40.5 Å². The van der Waals surface area contributed by atoms with Crippen molar-refractivity contribution in [3.63, 3.8) is 0 Å². The van der Waals surface area contributed by atoms with Gasteiger partial charge in [-0.1, -0.05) is 0 Å². The van der Waals surface area contributed by atoms with Crippen molar-refractivity contribution in [1.29, 1.82) is 0 Å². The fraction of sp³-hybridized carbons (Fsp3) is 0.158. The van der Waals surface area contributed by atoms with Crippen LogP contribution in [0.5, 0.6) is 0 Å². The molecule has 184 valence electrons. The fourth-order valence-corrected chi connectivity index (χ4v) is 4.10. The maximum Gasteiger partial charge on any atom is 0.451 e. The van der Waals surface area contributed by atoms with Crippen LogP contribution in [0.15, 0.2) is 52.4 Å². The number of rotatable bonds is 6. The zero-order valence-electron chi connectivity index (χ0n) is 17.3. The fourth-order valence-electron chi connectivity index (χ4n) is 2.92. The maximum absolute atomic E-state index is 14.3. The standard InChI is InChI=1S/C19H12BrF4N5O5S/c1-35(33,34)16-13(3-2-4-25-16)28(9-10-5-12(21)15(20)14(6-10)29(31)32)17(30)11-7-26-18(27-8-11)19(22,23)24/h2-8H,9H2,1H3. The molecule has 10 nitrogen and oxygen atoms in total. The minimum Gasteiger partial charge on any atom is -0.301 e. The van der Waals surface area contributed by atoms with Crippen LogP contribution in [0.4, 0.5) is 28.9 Å². The monoisotopic (exact) mass is 577 g/mol. The van der Waals surface area contributed by atoms with Crippen LogP contribution in [-0.2, 0) is 22.6 Å². The van der Waals surface area contributed by atoms with E-state index >= 15 is 0 Å². The van der Waals surface area contributed by atoms with Crippen molar-refractivity contribution < 1.29 is 35.7 Å². The van der Waals surface area contributed by atoms with Gasteiger partial charge in [0.15, 0.2) is 14.9 Å². The van der Waals surface area contributed by atoms with E-state index in [2.05, 4.69) is 30.9 Å². The summed E-state index contributed by atoms with van der Waals surface area (Å²) in [5, 5.41) is 10.7. The van der Waals surface area contributed by atoms with Gasteiger partial charge in [0.05, 0.1) is 22.7 Å². The van der Waals surface area contributed by atoms with E-state index in [0.29, 0.717) is 12.4 Å². The number of halogens is 5. The summed E-state index contributed by atoms with van der Waals surface area (Å²) in [4.78, 5) is 34.4. The SMILES string of the molecule is CS(=O)(=O)c1ncccc1N(Cc1cc(F)c(Br)c([N+](=O)[O-])c1)C(=O)c1cnc(C(F)(F)F)nc1. The van der Waals surface area contributed by atoms with Gasteiger partial charge >= 0.3 is 6.18 Å². The van der Waals surface area contributed by atoms with Crippen LogP contribution >= 0.6 is 15.9 Å². The van der Waals surface area contributed by atoms with Crippen molar-refractivity contribution >= 4 is 43.0 Å². The topological polar surface area (TPSA) is 136 Å². The van der Waals surface area contributed by atoms with Crippen LogP contribution in [0.2, 0.25) is 0 Å². The third-order valence-corrected chi connectivity index (χ3v) is 6.20. The number of hydrogen-bond donors (Lipinski definition) is 0. The highest BCUT2D eigenvalue weighted by molar-refractivity contribution is 9.10. The van der Waals surface area contributed by atoms with Gasteiger partial charge in [-0.3, -0.25) is 14.9 Å². The summed E-state index contributed by atoms with van der Waals surface area (Å²) in [7, 11) is -4.02. The lowest BCUT2D eigenvalue weighted by molar-refractivity contribution is -0.385. The molecule has 0 saturated carbocycles. The first-order valence-electron chi connectivity index (χ1n) is 9.18. The first kappa shape index (κ1) is 26.1. The summed E-state index contributed by atoms with van der Waals surface area (Å²) in [6, 6.07) is 4.30. The minimum atomic E-state index is -4.87. The largest absolute Gasteiger partial charge is 0.451 e. The molecule has 0 aliphatic carbocycles. The smallest absolute Gasteiger partial charge is 0.301 e. The Hall–Kier alpha value is -3.53. The highest BCUT2D eigenvalue weighted by atomic mass is 79.9. The van der Waals surface area contributed by atoms with Gasteiger partial charge in [0.25, 0.3) is 11.6 Å². The van der Waals surface area contributed by atoms with Crippen molar-refractivity contribution in [2.75, 3.05) is 11.2 Å². The van der Waals surface area contributed by atoms with Crippen molar-refractivity contribution in [3.8, 4) is 0 Å². The minimum absolute atomic E-state index is 0.123. The van der Waals surface area contributed by atoms with Gasteiger partial charge in [0.1, 0.15) is 10.3 Å². The molecule has 2 heterocycles. The molecule has 0 N–H and O–H groups in total. The number of nitro benzene ring substituents is 1. The molecule has 3 rings (SSSR count). The molecule has 1 aromatic carbocycles. The summed E-state index contributed by atoms with van der Waals surface area (Å²) < 4.78 is 76.8. The molecule has 0 atom stereocenters. The number of carbonyl (C=O) groups is 1. The Kier molecular flexibility index (Phi) is 7.16. The average molecular weight is 578 g/mol. The normalized spacial score (nSPS) is 11.8. The number of benzene rings is 1. The molecule has 0 saturated heterocycles. The molecule has 35 heavy (non-hydrogen) atoms. The lowest BCUT2D eigenvalue weighted by Crippen LogP contribution is -2.32. The second-order valence-corrected chi connectivity index (χ2v) is 9.68. The van der Waals surface area contributed by atoms with E-state index in [0.717, 1.165) is 29.5 Å². The number of nitro groups is 1. The highest BCUT2D eigenvalue weighted by Gasteiger charge is 2.35. The average Bonchev–Trinajstić information content (AvgIpc) is 2.78. The van der Waals surface area contributed by atoms with Crippen molar-refractivity contribution in [2.45, 2.75) is 17.7 Å². The number of alkyl halides is 3. The molecular weight excluding hydrogens is 566 g/mol. The van der Waals surface area contributed by atoms with E-state index in [1.807, 2.05) is 0 Å². The molecule has 3 aromatic rings. The van der Waals surface area contributed by atoms with Crippen molar-refractivity contribution in [1.82, 2.24) is 15.0 Å². The number of aromatic nitrogens is 3. The number of sulfone groups is 1. The van der Waals surface area contributed by atoms with E-state index in [-0.39, 0.29) is 11.3 Å². The molecule has 2 aromatic heterocycles. The van der Waals surface area contributed by atoms with Gasteiger partial charge < -0.3 is 4.90 Å². The third-order valence-electron chi connectivity index (χ3n) is 4.40. The quantitative estimate of drug-likeness (QED) is 0.244. The molecule has 0 spiro atoms. The van der Waals surface area contributed by atoms with E-state index in [1.54, 1.807) is 0 Å². The van der Waals surface area contributed by atoms with Crippen LogP contribution in [0.1, 0.15) is 21.7 Å². The van der Waals surface area contributed by atoms with E-state index in [4.69, 9.17) is 0 Å². The van der Waals surface area contributed by atoms with Crippen LogP contribution in [0, 0.1) is 15.9 Å². The summed E-state index contributed by atoms with van der Waals surface area (Å²) in [5.74, 6) is -3.61. The van der Waals surface area contributed by atoms with E-state index in [1.165, 1.54) is 12.1 Å². The Bertz CT molecular complexity index is 1420. The number of nitrogens with zero attached hydrogens (tertiary/aromatic N) is 5. The molecular formula is C19H12BrF4N5O5S. The third kappa shape index (κ3) is 5.76. The number of amides is 1. The van der Waals surface area contributed by atoms with Gasteiger partial charge in [0, 0.05) is 30.9 Å². The van der Waals surface area contributed by atoms with Gasteiger partial charge in [-0.15, -0.1) is 0 Å². The second-order valence-electron chi connectivity index (χ2n) is 6.95.